The van der Waals surface area contributed by atoms with E-state index < -0.39 is 0 Å². The van der Waals surface area contributed by atoms with E-state index in [4.69, 9.17) is 0 Å². The van der Waals surface area contributed by atoms with Crippen LogP contribution in [0.3, 0.4) is 0 Å². The van der Waals surface area contributed by atoms with Gasteiger partial charge in [0.25, 0.3) is 0 Å². The Balaban J connectivity index is 1.47. The fraction of sp³-hybridized carbons (Fsp3) is 0.227. The quantitative estimate of drug-likeness (QED) is 0.510. The van der Waals surface area contributed by atoms with E-state index in [1.807, 2.05) is 18.5 Å². The second kappa shape index (κ2) is 8.08. The lowest BCUT2D eigenvalue weighted by Crippen LogP contribution is -2.22. The predicted octanol–water partition coefficient (Wildman–Crippen LogP) is 3.38. The third kappa shape index (κ3) is 3.69. The summed E-state index contributed by atoms with van der Waals surface area (Å²) < 4.78 is 15.6. The lowest BCUT2D eigenvalue weighted by molar-refractivity contribution is 0.312. The van der Waals surface area contributed by atoms with Gasteiger partial charge >= 0.3 is 0 Å². The van der Waals surface area contributed by atoms with E-state index >= 15 is 0 Å². The van der Waals surface area contributed by atoms with Crippen molar-refractivity contribution in [2.75, 3.05) is 13.1 Å². The fourth-order valence-corrected chi connectivity index (χ4v) is 3.96. The minimum Gasteiger partial charge on any atom is -0.324 e. The molecule has 3 aromatic heterocycles. The van der Waals surface area contributed by atoms with Crippen LogP contribution in [-0.4, -0.2) is 47.5 Å². The van der Waals surface area contributed by atoms with E-state index in [0.29, 0.717) is 0 Å². The van der Waals surface area contributed by atoms with Crippen LogP contribution in [0.2, 0.25) is 0 Å². The first-order valence-corrected chi connectivity index (χ1v) is 9.84. The number of hydrogen-bond acceptors (Lipinski definition) is 6. The van der Waals surface area contributed by atoms with Crippen molar-refractivity contribution in [1.82, 2.24) is 34.4 Å². The summed E-state index contributed by atoms with van der Waals surface area (Å²) in [6.45, 7) is 2.66. The molecule has 1 atom stereocenters. The first-order valence-electron chi connectivity index (χ1n) is 9.84. The standard InChI is InChI=1S/C22H20FN7/c23-17-3-1-16(2-4-17)21-22(20-6-9-25-14-27-20)30(15-28-21)19-7-10-29(12-19)11-18-5-8-24-13-26-18/h1-6,8-9,13-15,19H,7,10-12H2. The number of benzene rings is 1. The number of imidazole rings is 1. The van der Waals surface area contributed by atoms with E-state index in [9.17, 15) is 4.39 Å². The number of nitrogens with zero attached hydrogens (tertiary/aromatic N) is 7. The molecule has 8 heteroatoms. The Morgan fingerprint density at radius 2 is 1.73 bits per heavy atom. The van der Waals surface area contributed by atoms with Crippen LogP contribution in [0.25, 0.3) is 22.6 Å². The van der Waals surface area contributed by atoms with Gasteiger partial charge < -0.3 is 4.57 Å². The van der Waals surface area contributed by atoms with Gasteiger partial charge in [-0.3, -0.25) is 4.90 Å². The van der Waals surface area contributed by atoms with Crippen LogP contribution in [0, 0.1) is 5.82 Å². The normalized spacial score (nSPS) is 16.8. The number of hydrogen-bond donors (Lipinski definition) is 0. The van der Waals surface area contributed by atoms with E-state index in [2.05, 4.69) is 34.4 Å². The van der Waals surface area contributed by atoms with Crippen molar-refractivity contribution in [3.63, 3.8) is 0 Å². The smallest absolute Gasteiger partial charge is 0.123 e. The van der Waals surface area contributed by atoms with Crippen LogP contribution in [-0.2, 0) is 6.54 Å². The Hall–Kier alpha value is -3.52. The van der Waals surface area contributed by atoms with Crippen molar-refractivity contribution in [1.29, 1.82) is 0 Å². The molecule has 7 nitrogen and oxygen atoms in total. The summed E-state index contributed by atoms with van der Waals surface area (Å²) in [4.78, 5) is 23.9. The molecule has 150 valence electrons. The van der Waals surface area contributed by atoms with Gasteiger partial charge in [-0.2, -0.15) is 0 Å². The highest BCUT2D eigenvalue weighted by atomic mass is 19.1. The lowest BCUT2D eigenvalue weighted by Gasteiger charge is -2.18. The second-order valence-corrected chi connectivity index (χ2v) is 7.33. The number of aromatic nitrogens is 6. The maximum atomic E-state index is 13.4. The minimum atomic E-state index is -0.266. The molecule has 4 heterocycles. The second-order valence-electron chi connectivity index (χ2n) is 7.33. The molecule has 1 unspecified atom stereocenters. The molecule has 0 amide bonds. The Labute approximate surface area is 173 Å². The topological polar surface area (TPSA) is 72.6 Å². The summed E-state index contributed by atoms with van der Waals surface area (Å²) in [7, 11) is 0. The van der Waals surface area contributed by atoms with Crippen LogP contribution in [0.1, 0.15) is 18.2 Å². The summed E-state index contributed by atoms with van der Waals surface area (Å²) in [6.07, 6.45) is 9.49. The Morgan fingerprint density at radius 1 is 0.933 bits per heavy atom. The molecule has 0 saturated carbocycles. The van der Waals surface area contributed by atoms with Crippen LogP contribution in [0.4, 0.5) is 4.39 Å². The van der Waals surface area contributed by atoms with Crippen LogP contribution < -0.4 is 0 Å². The maximum absolute atomic E-state index is 13.4. The van der Waals surface area contributed by atoms with E-state index in [0.717, 1.165) is 54.4 Å². The maximum Gasteiger partial charge on any atom is 0.123 e. The van der Waals surface area contributed by atoms with E-state index in [-0.39, 0.29) is 11.9 Å². The van der Waals surface area contributed by atoms with Crippen LogP contribution in [0.15, 0.2) is 67.8 Å². The average molecular weight is 401 g/mol. The molecule has 1 fully saturated rings. The summed E-state index contributed by atoms with van der Waals surface area (Å²) >= 11 is 0. The average Bonchev–Trinajstić information content (AvgIpc) is 3.43. The van der Waals surface area contributed by atoms with Gasteiger partial charge in [0, 0.05) is 43.6 Å². The molecule has 4 aromatic rings. The Kier molecular flexibility index (Phi) is 4.98. The van der Waals surface area contributed by atoms with Gasteiger partial charge in [-0.15, -0.1) is 0 Å². The van der Waals surface area contributed by atoms with Crippen molar-refractivity contribution in [2.45, 2.75) is 19.0 Å². The summed E-state index contributed by atoms with van der Waals surface area (Å²) in [5.41, 5.74) is 4.40. The zero-order valence-electron chi connectivity index (χ0n) is 16.3. The molecule has 5 rings (SSSR count). The van der Waals surface area contributed by atoms with Crippen molar-refractivity contribution in [3.8, 4) is 22.6 Å². The highest BCUT2D eigenvalue weighted by Crippen LogP contribution is 2.35. The molecule has 30 heavy (non-hydrogen) atoms. The Bertz CT molecular complexity index is 1110. The summed E-state index contributed by atoms with van der Waals surface area (Å²) in [5.74, 6) is -0.266. The molecule has 0 radical (unpaired) electrons. The zero-order chi connectivity index (χ0) is 20.3. The molecule has 0 aliphatic carbocycles. The van der Waals surface area contributed by atoms with Crippen molar-refractivity contribution < 1.29 is 4.39 Å². The molecule has 1 aromatic carbocycles. The molecule has 0 spiro atoms. The van der Waals surface area contributed by atoms with Crippen LogP contribution >= 0.6 is 0 Å². The number of halogens is 1. The first-order chi connectivity index (χ1) is 14.8. The zero-order valence-corrected chi connectivity index (χ0v) is 16.3. The van der Waals surface area contributed by atoms with Crippen LogP contribution in [0.5, 0.6) is 0 Å². The number of likely N-dealkylation sites (tertiary alicyclic amines) is 1. The van der Waals surface area contributed by atoms with Gasteiger partial charge in [-0.05, 0) is 42.8 Å². The fourth-order valence-electron chi connectivity index (χ4n) is 3.96. The molecule has 0 N–H and O–H groups in total. The van der Waals surface area contributed by atoms with Gasteiger partial charge in [0.15, 0.2) is 0 Å². The van der Waals surface area contributed by atoms with Gasteiger partial charge in [0.1, 0.15) is 18.5 Å². The van der Waals surface area contributed by atoms with E-state index in [1.54, 1.807) is 30.9 Å². The van der Waals surface area contributed by atoms with Crippen molar-refractivity contribution in [2.24, 2.45) is 0 Å². The van der Waals surface area contributed by atoms with Gasteiger partial charge in [-0.1, -0.05) is 0 Å². The highest BCUT2D eigenvalue weighted by molar-refractivity contribution is 5.76. The SMILES string of the molecule is Fc1ccc(-c2ncn(C3CCN(Cc4ccncn4)C3)c2-c2ccncn2)cc1. The van der Waals surface area contributed by atoms with Gasteiger partial charge in [-0.25, -0.2) is 29.3 Å². The highest BCUT2D eigenvalue weighted by Gasteiger charge is 2.28. The molecule has 1 aliphatic rings. The minimum absolute atomic E-state index is 0.263. The largest absolute Gasteiger partial charge is 0.324 e. The Morgan fingerprint density at radius 3 is 2.47 bits per heavy atom. The first kappa shape index (κ1) is 18.5. The van der Waals surface area contributed by atoms with Crippen molar-refractivity contribution >= 4 is 0 Å². The molecular formula is C22H20FN7. The van der Waals surface area contributed by atoms with E-state index in [1.165, 1.54) is 18.5 Å². The number of rotatable bonds is 5. The molecule has 1 aliphatic heterocycles. The third-order valence-corrected chi connectivity index (χ3v) is 5.41. The third-order valence-electron chi connectivity index (χ3n) is 5.41. The molecule has 1 saturated heterocycles. The molecule has 0 bridgehead atoms. The summed E-state index contributed by atoms with van der Waals surface area (Å²) in [6, 6.07) is 10.5. The van der Waals surface area contributed by atoms with Gasteiger partial charge in [0.05, 0.1) is 29.1 Å². The molecular weight excluding hydrogens is 381 g/mol. The summed E-state index contributed by atoms with van der Waals surface area (Å²) in [5, 5.41) is 0. The van der Waals surface area contributed by atoms with Gasteiger partial charge in [0.2, 0.25) is 0 Å². The lowest BCUT2D eigenvalue weighted by atomic mass is 10.1. The monoisotopic (exact) mass is 401 g/mol. The predicted molar refractivity (Wildman–Crippen MR) is 110 cm³/mol. The van der Waals surface area contributed by atoms with Crippen molar-refractivity contribution in [3.05, 3.63) is 79.3 Å².